The third kappa shape index (κ3) is 5.63. The Morgan fingerprint density at radius 2 is 2.12 bits per heavy atom. The van der Waals surface area contributed by atoms with Crippen LogP contribution in [0.25, 0.3) is 0 Å². The number of hydrogen-bond acceptors (Lipinski definition) is 5. The fourth-order valence-corrected chi connectivity index (χ4v) is 2.04. The Kier molecular flexibility index (Phi) is 6.80. The molecule has 0 fully saturated rings. The van der Waals surface area contributed by atoms with E-state index in [1.807, 2.05) is 6.92 Å². The molecule has 0 aliphatic carbocycles. The smallest absolute Gasteiger partial charge is 0.275 e. The van der Waals surface area contributed by atoms with Gasteiger partial charge in [-0.05, 0) is 26.3 Å². The van der Waals surface area contributed by atoms with Gasteiger partial charge in [0.15, 0.2) is 0 Å². The second kappa shape index (κ2) is 9.05. The average molecular weight is 377 g/mol. The topological polar surface area (TPSA) is 76.5 Å². The highest BCUT2D eigenvalue weighted by Crippen LogP contribution is 2.22. The van der Waals surface area contributed by atoms with Gasteiger partial charge in [-0.25, -0.2) is 14.4 Å². The van der Waals surface area contributed by atoms with Crippen molar-refractivity contribution in [3.63, 3.8) is 0 Å². The SMILES string of the molecule is CC=C(N=C(Cl)CC)NC(=O)c1cc(Oc2cncc(F)c2)cc(C)n1. The molecular formula is C18H18ClFN4O2. The Labute approximate surface area is 155 Å². The Balaban J connectivity index is 2.21. The van der Waals surface area contributed by atoms with Gasteiger partial charge in [-0.15, -0.1) is 0 Å². The van der Waals surface area contributed by atoms with Crippen molar-refractivity contribution in [1.29, 1.82) is 0 Å². The predicted molar refractivity (Wildman–Crippen MR) is 98.0 cm³/mol. The number of amides is 1. The van der Waals surface area contributed by atoms with Gasteiger partial charge in [0.1, 0.15) is 34.0 Å². The minimum absolute atomic E-state index is 0.131. The van der Waals surface area contributed by atoms with E-state index in [1.54, 1.807) is 26.0 Å². The summed E-state index contributed by atoms with van der Waals surface area (Å²) in [6.07, 6.45) is 4.63. The molecule has 26 heavy (non-hydrogen) atoms. The maximum absolute atomic E-state index is 13.2. The Hall–Kier alpha value is -2.80. The monoisotopic (exact) mass is 376 g/mol. The van der Waals surface area contributed by atoms with Crippen LogP contribution in [0.2, 0.25) is 0 Å². The first-order valence-corrected chi connectivity index (χ1v) is 8.27. The first-order chi connectivity index (χ1) is 12.4. The number of aromatic nitrogens is 2. The van der Waals surface area contributed by atoms with Gasteiger partial charge >= 0.3 is 0 Å². The molecule has 0 saturated carbocycles. The number of rotatable bonds is 6. The van der Waals surface area contributed by atoms with Crippen LogP contribution < -0.4 is 10.1 Å². The van der Waals surface area contributed by atoms with Crippen molar-refractivity contribution in [3.8, 4) is 11.5 Å². The molecule has 1 amide bonds. The van der Waals surface area contributed by atoms with E-state index in [0.717, 1.165) is 6.20 Å². The fraction of sp³-hybridized carbons (Fsp3) is 0.222. The molecule has 6 nitrogen and oxygen atoms in total. The van der Waals surface area contributed by atoms with Crippen LogP contribution in [-0.4, -0.2) is 21.0 Å². The molecule has 2 rings (SSSR count). The Morgan fingerprint density at radius 3 is 2.77 bits per heavy atom. The maximum atomic E-state index is 13.2. The third-order valence-electron chi connectivity index (χ3n) is 3.12. The zero-order valence-electron chi connectivity index (χ0n) is 14.6. The first kappa shape index (κ1) is 19.5. The lowest BCUT2D eigenvalue weighted by atomic mass is 10.2. The van der Waals surface area contributed by atoms with E-state index < -0.39 is 11.7 Å². The molecule has 2 aromatic heterocycles. The van der Waals surface area contributed by atoms with E-state index in [1.165, 1.54) is 18.3 Å². The lowest BCUT2D eigenvalue weighted by Crippen LogP contribution is -2.23. The number of aryl methyl sites for hydroxylation is 1. The highest BCUT2D eigenvalue weighted by Gasteiger charge is 2.12. The molecule has 0 aliphatic rings. The van der Waals surface area contributed by atoms with Gasteiger partial charge in [0, 0.05) is 23.9 Å². The number of pyridine rings is 2. The van der Waals surface area contributed by atoms with Crippen molar-refractivity contribution in [2.75, 3.05) is 0 Å². The van der Waals surface area contributed by atoms with Crippen molar-refractivity contribution in [2.45, 2.75) is 27.2 Å². The van der Waals surface area contributed by atoms with Crippen LogP contribution >= 0.6 is 11.6 Å². The highest BCUT2D eigenvalue weighted by atomic mass is 35.5. The summed E-state index contributed by atoms with van der Waals surface area (Å²) in [6.45, 7) is 5.30. The van der Waals surface area contributed by atoms with Crippen molar-refractivity contribution in [1.82, 2.24) is 15.3 Å². The van der Waals surface area contributed by atoms with Crippen molar-refractivity contribution >= 4 is 22.7 Å². The molecule has 8 heteroatoms. The van der Waals surface area contributed by atoms with Gasteiger partial charge in [-0.1, -0.05) is 18.5 Å². The van der Waals surface area contributed by atoms with Crippen LogP contribution in [0.3, 0.4) is 0 Å². The number of hydrogen-bond donors (Lipinski definition) is 1. The normalized spacial score (nSPS) is 12.0. The van der Waals surface area contributed by atoms with Crippen molar-refractivity contribution in [3.05, 3.63) is 59.7 Å². The maximum Gasteiger partial charge on any atom is 0.275 e. The summed E-state index contributed by atoms with van der Waals surface area (Å²) in [6, 6.07) is 4.28. The van der Waals surface area contributed by atoms with Gasteiger partial charge in [-0.3, -0.25) is 9.78 Å². The van der Waals surface area contributed by atoms with Gasteiger partial charge in [-0.2, -0.15) is 0 Å². The summed E-state index contributed by atoms with van der Waals surface area (Å²) < 4.78 is 18.8. The zero-order valence-corrected chi connectivity index (χ0v) is 15.3. The van der Waals surface area contributed by atoms with E-state index in [0.29, 0.717) is 28.9 Å². The third-order valence-corrected chi connectivity index (χ3v) is 3.48. The molecule has 2 aromatic rings. The number of halogens is 2. The number of ether oxygens (including phenoxy) is 1. The first-order valence-electron chi connectivity index (χ1n) is 7.89. The van der Waals surface area contributed by atoms with E-state index in [4.69, 9.17) is 16.3 Å². The van der Waals surface area contributed by atoms with E-state index in [-0.39, 0.29) is 11.4 Å². The molecule has 1 N–H and O–H groups in total. The molecule has 0 saturated heterocycles. The standard InChI is InChI=1S/C18H18ClFN4O2/c1-4-16(19)23-17(5-2)24-18(25)15-8-13(6-11(3)22-15)26-14-7-12(20)9-21-10-14/h5-10H,4H2,1-3H3,(H,24,25). The van der Waals surface area contributed by atoms with Crippen LogP contribution in [0.1, 0.15) is 36.5 Å². The molecule has 136 valence electrons. The van der Waals surface area contributed by atoms with Crippen LogP contribution in [-0.2, 0) is 0 Å². The minimum Gasteiger partial charge on any atom is -0.455 e. The summed E-state index contributed by atoms with van der Waals surface area (Å²) in [5.41, 5.74) is 0.695. The highest BCUT2D eigenvalue weighted by molar-refractivity contribution is 6.65. The molecule has 2 heterocycles. The van der Waals surface area contributed by atoms with Gasteiger partial charge in [0.25, 0.3) is 5.91 Å². The molecule has 0 spiro atoms. The van der Waals surface area contributed by atoms with E-state index in [2.05, 4.69) is 20.3 Å². The van der Waals surface area contributed by atoms with Crippen LogP contribution in [0.4, 0.5) is 4.39 Å². The molecule has 0 aliphatic heterocycles. The fourth-order valence-electron chi connectivity index (χ4n) is 1.95. The largest absolute Gasteiger partial charge is 0.455 e. The van der Waals surface area contributed by atoms with Crippen LogP contribution in [0.5, 0.6) is 11.5 Å². The zero-order chi connectivity index (χ0) is 19.1. The van der Waals surface area contributed by atoms with E-state index >= 15 is 0 Å². The Bertz CT molecular complexity index is 868. The summed E-state index contributed by atoms with van der Waals surface area (Å²) in [5, 5.41) is 3.01. The number of nitrogens with zero attached hydrogens (tertiary/aromatic N) is 3. The van der Waals surface area contributed by atoms with Crippen LogP contribution in [0.15, 0.2) is 47.5 Å². The Morgan fingerprint density at radius 1 is 1.35 bits per heavy atom. The lowest BCUT2D eigenvalue weighted by molar-refractivity contribution is 0.0960. The summed E-state index contributed by atoms with van der Waals surface area (Å²) in [7, 11) is 0. The quantitative estimate of drug-likeness (QED) is 0.760. The molecular weight excluding hydrogens is 359 g/mol. The van der Waals surface area contributed by atoms with Crippen molar-refractivity contribution in [2.24, 2.45) is 4.99 Å². The van der Waals surface area contributed by atoms with Crippen molar-refractivity contribution < 1.29 is 13.9 Å². The molecule has 0 radical (unpaired) electrons. The lowest BCUT2D eigenvalue weighted by Gasteiger charge is -2.09. The molecule has 0 unspecified atom stereocenters. The summed E-state index contributed by atoms with van der Waals surface area (Å²) in [5.74, 6) is -0.104. The second-order valence-corrected chi connectivity index (χ2v) is 5.68. The van der Waals surface area contributed by atoms with Gasteiger partial charge < -0.3 is 10.1 Å². The second-order valence-electron chi connectivity index (χ2n) is 5.24. The minimum atomic E-state index is -0.519. The average Bonchev–Trinajstić information content (AvgIpc) is 2.60. The molecule has 0 aromatic carbocycles. The molecule has 0 atom stereocenters. The number of carbonyl (C=O) groups excluding carboxylic acids is 1. The number of carbonyl (C=O) groups is 1. The number of nitrogens with one attached hydrogen (secondary N) is 1. The summed E-state index contributed by atoms with van der Waals surface area (Å²) in [4.78, 5) is 24.4. The predicted octanol–water partition coefficient (Wildman–Crippen LogP) is 4.35. The summed E-state index contributed by atoms with van der Waals surface area (Å²) >= 11 is 5.91. The number of aliphatic imine (C=N–C) groups is 1. The van der Waals surface area contributed by atoms with Gasteiger partial charge in [0.05, 0.1) is 12.4 Å². The number of allylic oxidation sites excluding steroid dienone is 1. The van der Waals surface area contributed by atoms with Gasteiger partial charge in [0.2, 0.25) is 0 Å². The van der Waals surface area contributed by atoms with Crippen LogP contribution in [0, 0.1) is 12.7 Å². The molecule has 0 bridgehead atoms. The van der Waals surface area contributed by atoms with E-state index in [9.17, 15) is 9.18 Å².